The van der Waals surface area contributed by atoms with Crippen molar-refractivity contribution in [1.82, 2.24) is 15.1 Å². The molecule has 0 unspecified atom stereocenters. The molecular weight excluding hydrogens is 334 g/mol. The van der Waals surface area contributed by atoms with Gasteiger partial charge in [0.15, 0.2) is 0 Å². The Morgan fingerprint density at radius 1 is 1.35 bits per heavy atom. The summed E-state index contributed by atoms with van der Waals surface area (Å²) in [6, 6.07) is 7.36. The molecule has 1 fully saturated rings. The summed E-state index contributed by atoms with van der Waals surface area (Å²) >= 11 is 10.7. The van der Waals surface area contributed by atoms with Crippen LogP contribution in [0.25, 0.3) is 6.08 Å². The maximum absolute atomic E-state index is 12.2. The van der Waals surface area contributed by atoms with Crippen molar-refractivity contribution in [3.05, 3.63) is 51.7 Å². The van der Waals surface area contributed by atoms with E-state index in [2.05, 4.69) is 10.2 Å². The van der Waals surface area contributed by atoms with Gasteiger partial charge >= 0.3 is 0 Å². The summed E-state index contributed by atoms with van der Waals surface area (Å²) in [5, 5.41) is 7.39. The van der Waals surface area contributed by atoms with Crippen LogP contribution in [0.4, 0.5) is 0 Å². The Bertz CT molecular complexity index is 758. The second-order valence-corrected chi connectivity index (χ2v) is 6.24. The summed E-state index contributed by atoms with van der Waals surface area (Å²) in [6.45, 7) is 1.37. The van der Waals surface area contributed by atoms with E-state index in [1.54, 1.807) is 24.3 Å². The monoisotopic (exact) mass is 349 g/mol. The van der Waals surface area contributed by atoms with Crippen LogP contribution in [0.2, 0.25) is 5.02 Å². The van der Waals surface area contributed by atoms with Crippen molar-refractivity contribution in [2.75, 3.05) is 13.1 Å². The molecule has 1 saturated heterocycles. The third-order valence-electron chi connectivity index (χ3n) is 3.90. The molecule has 0 bridgehead atoms. The van der Waals surface area contributed by atoms with Gasteiger partial charge in [-0.2, -0.15) is 0 Å². The molecule has 2 aromatic rings. The standard InChI is InChI=1S/C16H16ClN3O2S/c17-13-4-1-11(2-5-13)3-6-14(21)20-9-7-12(8-10-20)15-18-19-16(23)22-15/h1-6,12H,7-10H2,(H,19,23). The first-order valence-corrected chi connectivity index (χ1v) is 8.18. The molecule has 1 aliphatic rings. The van der Waals surface area contributed by atoms with E-state index in [-0.39, 0.29) is 11.8 Å². The second-order valence-electron chi connectivity index (χ2n) is 5.44. The Labute approximate surface area is 143 Å². The third-order valence-corrected chi connectivity index (χ3v) is 4.33. The summed E-state index contributed by atoms with van der Waals surface area (Å²) in [4.78, 5) is 14.4. The van der Waals surface area contributed by atoms with E-state index >= 15 is 0 Å². The predicted octanol–water partition coefficient (Wildman–Crippen LogP) is 3.80. The van der Waals surface area contributed by atoms with Crippen molar-refractivity contribution >= 4 is 35.8 Å². The van der Waals surface area contributed by atoms with E-state index < -0.39 is 0 Å². The SMILES string of the molecule is O=C(C=Cc1ccc(Cl)cc1)N1CCC(c2n[nH]c(=S)o2)CC1. The van der Waals surface area contributed by atoms with Crippen LogP contribution in [0, 0.1) is 4.84 Å². The number of nitrogens with one attached hydrogen (secondary N) is 1. The molecule has 1 aromatic heterocycles. The van der Waals surface area contributed by atoms with Gasteiger partial charge in [-0.1, -0.05) is 23.7 Å². The van der Waals surface area contributed by atoms with E-state index in [4.69, 9.17) is 28.2 Å². The molecule has 0 saturated carbocycles. The van der Waals surface area contributed by atoms with Crippen LogP contribution >= 0.6 is 23.8 Å². The highest BCUT2D eigenvalue weighted by atomic mass is 35.5. The predicted molar refractivity (Wildman–Crippen MR) is 90.7 cm³/mol. The summed E-state index contributed by atoms with van der Waals surface area (Å²) < 4.78 is 5.35. The zero-order valence-electron chi connectivity index (χ0n) is 12.4. The molecule has 2 heterocycles. The van der Waals surface area contributed by atoms with Crippen molar-refractivity contribution in [3.63, 3.8) is 0 Å². The number of carbonyl (C=O) groups is 1. The first-order valence-electron chi connectivity index (χ1n) is 7.40. The lowest BCUT2D eigenvalue weighted by atomic mass is 9.97. The van der Waals surface area contributed by atoms with Gasteiger partial charge in [0.1, 0.15) is 0 Å². The first kappa shape index (κ1) is 16.0. The summed E-state index contributed by atoms with van der Waals surface area (Å²) in [5.74, 6) is 0.868. The third kappa shape index (κ3) is 4.09. The minimum atomic E-state index is 0.0151. The number of carbonyl (C=O) groups excluding carboxylic acids is 1. The minimum absolute atomic E-state index is 0.0151. The highest BCUT2D eigenvalue weighted by Gasteiger charge is 2.25. The van der Waals surface area contributed by atoms with Crippen molar-refractivity contribution in [2.45, 2.75) is 18.8 Å². The average Bonchev–Trinajstić information content (AvgIpc) is 3.01. The van der Waals surface area contributed by atoms with E-state index in [1.807, 2.05) is 17.0 Å². The van der Waals surface area contributed by atoms with Gasteiger partial charge in [-0.05, 0) is 48.8 Å². The maximum atomic E-state index is 12.2. The topological polar surface area (TPSA) is 62.1 Å². The van der Waals surface area contributed by atoms with Gasteiger partial charge in [-0.15, -0.1) is 5.10 Å². The van der Waals surface area contributed by atoms with Crippen molar-refractivity contribution in [1.29, 1.82) is 0 Å². The van der Waals surface area contributed by atoms with Gasteiger partial charge < -0.3 is 9.32 Å². The molecule has 0 spiro atoms. The number of nitrogens with zero attached hydrogens (tertiary/aromatic N) is 2. The number of piperidine rings is 1. The maximum Gasteiger partial charge on any atom is 0.284 e. The van der Waals surface area contributed by atoms with Crippen LogP contribution in [-0.2, 0) is 4.79 Å². The molecule has 0 radical (unpaired) electrons. The molecule has 7 heteroatoms. The van der Waals surface area contributed by atoms with Crippen LogP contribution < -0.4 is 0 Å². The summed E-state index contributed by atoms with van der Waals surface area (Å²) in [5.41, 5.74) is 0.950. The van der Waals surface area contributed by atoms with Gasteiger partial charge in [-0.25, -0.2) is 5.10 Å². The number of halogens is 1. The Kier molecular flexibility index (Phi) is 4.93. The van der Waals surface area contributed by atoms with Crippen LogP contribution in [0.5, 0.6) is 0 Å². The van der Waals surface area contributed by atoms with Gasteiger partial charge in [0.05, 0.1) is 0 Å². The van der Waals surface area contributed by atoms with Crippen LogP contribution in [-0.4, -0.2) is 34.1 Å². The Morgan fingerprint density at radius 2 is 2.04 bits per heavy atom. The normalized spacial score (nSPS) is 16.1. The van der Waals surface area contributed by atoms with E-state index in [9.17, 15) is 4.79 Å². The van der Waals surface area contributed by atoms with Crippen LogP contribution in [0.15, 0.2) is 34.8 Å². The smallest absolute Gasteiger partial charge is 0.284 e. The van der Waals surface area contributed by atoms with E-state index in [0.29, 0.717) is 28.8 Å². The van der Waals surface area contributed by atoms with Gasteiger partial charge in [-0.3, -0.25) is 4.79 Å². The number of hydrogen-bond acceptors (Lipinski definition) is 4. The number of aromatic nitrogens is 2. The van der Waals surface area contributed by atoms with Gasteiger partial charge in [0.25, 0.3) is 4.84 Å². The van der Waals surface area contributed by atoms with E-state index in [0.717, 1.165) is 18.4 Å². The number of H-pyrrole nitrogens is 1. The molecule has 1 aromatic carbocycles. The minimum Gasteiger partial charge on any atom is -0.414 e. The fraction of sp³-hybridized carbons (Fsp3) is 0.312. The summed E-state index contributed by atoms with van der Waals surface area (Å²) in [6.07, 6.45) is 5.05. The highest BCUT2D eigenvalue weighted by Crippen LogP contribution is 2.26. The molecule has 1 N–H and O–H groups in total. The lowest BCUT2D eigenvalue weighted by molar-refractivity contribution is -0.127. The zero-order valence-corrected chi connectivity index (χ0v) is 13.9. The van der Waals surface area contributed by atoms with Crippen LogP contribution in [0.3, 0.4) is 0 Å². The molecule has 1 aliphatic heterocycles. The average molecular weight is 350 g/mol. The molecule has 1 amide bonds. The highest BCUT2D eigenvalue weighted by molar-refractivity contribution is 7.71. The molecule has 120 valence electrons. The first-order chi connectivity index (χ1) is 11.1. The van der Waals surface area contributed by atoms with Gasteiger partial charge in [0, 0.05) is 30.1 Å². The summed E-state index contributed by atoms with van der Waals surface area (Å²) in [7, 11) is 0. The quantitative estimate of drug-likeness (QED) is 0.676. The lowest BCUT2D eigenvalue weighted by Gasteiger charge is -2.29. The number of likely N-dealkylation sites (tertiary alicyclic amines) is 1. The second kappa shape index (κ2) is 7.10. The fourth-order valence-corrected chi connectivity index (χ4v) is 2.87. The van der Waals surface area contributed by atoms with Crippen molar-refractivity contribution in [2.24, 2.45) is 0 Å². The Morgan fingerprint density at radius 3 is 2.65 bits per heavy atom. The van der Waals surface area contributed by atoms with Crippen LogP contribution in [0.1, 0.15) is 30.2 Å². The Balaban J connectivity index is 1.55. The largest absolute Gasteiger partial charge is 0.414 e. The number of benzene rings is 1. The fourth-order valence-electron chi connectivity index (χ4n) is 2.61. The zero-order chi connectivity index (χ0) is 16.2. The molecular formula is C16H16ClN3O2S. The molecule has 5 nitrogen and oxygen atoms in total. The molecule has 0 atom stereocenters. The van der Waals surface area contributed by atoms with Crippen molar-refractivity contribution < 1.29 is 9.21 Å². The lowest BCUT2D eigenvalue weighted by Crippen LogP contribution is -2.36. The molecule has 23 heavy (non-hydrogen) atoms. The Hall–Kier alpha value is -1.92. The number of hydrogen-bond donors (Lipinski definition) is 1. The number of aromatic amines is 1. The van der Waals surface area contributed by atoms with Crippen molar-refractivity contribution in [3.8, 4) is 0 Å². The molecule has 0 aliphatic carbocycles. The van der Waals surface area contributed by atoms with Gasteiger partial charge in [0.2, 0.25) is 11.8 Å². The number of rotatable bonds is 3. The van der Waals surface area contributed by atoms with E-state index in [1.165, 1.54) is 0 Å². The number of amides is 1. The molecule has 3 rings (SSSR count).